The normalized spacial score (nSPS) is 11.4. The maximum atomic E-state index is 12.3. The Morgan fingerprint density at radius 1 is 1.00 bits per heavy atom. The first-order valence-electron chi connectivity index (χ1n) is 9.63. The summed E-state index contributed by atoms with van der Waals surface area (Å²) in [6, 6.07) is 13.0. The maximum absolute atomic E-state index is 12.3. The summed E-state index contributed by atoms with van der Waals surface area (Å²) in [7, 11) is 3.19. The number of allylic oxidation sites excluding steroid dienone is 1. The van der Waals surface area contributed by atoms with Crippen molar-refractivity contribution in [3.05, 3.63) is 65.4 Å². The molecule has 30 heavy (non-hydrogen) atoms. The first-order valence-corrected chi connectivity index (χ1v) is 9.63. The average Bonchev–Trinajstić information content (AvgIpc) is 3.17. The fourth-order valence-electron chi connectivity index (χ4n) is 3.16. The van der Waals surface area contributed by atoms with E-state index in [2.05, 4.69) is 5.32 Å². The third-order valence-corrected chi connectivity index (χ3v) is 4.83. The van der Waals surface area contributed by atoms with Crippen molar-refractivity contribution in [2.45, 2.75) is 20.3 Å². The standard InChI is InChI=1S/C24H25NO5/c1-15(18-6-8-20-19(13-18)14-22(30-20)16(2)26)11-24(27)25-10-9-17-5-7-21(28-3)23(12-17)29-4/h5-8,11-14H,9-10H2,1-4H3,(H,25,27). The quantitative estimate of drug-likeness (QED) is 0.442. The molecule has 156 valence electrons. The summed E-state index contributed by atoms with van der Waals surface area (Å²) in [5.74, 6) is 1.39. The topological polar surface area (TPSA) is 77.8 Å². The van der Waals surface area contributed by atoms with E-state index in [1.54, 1.807) is 26.4 Å². The molecule has 0 aliphatic heterocycles. The van der Waals surface area contributed by atoms with Gasteiger partial charge in [-0.3, -0.25) is 9.59 Å². The number of methoxy groups -OCH3 is 2. The molecule has 1 heterocycles. The number of ether oxygens (including phenoxy) is 2. The van der Waals surface area contributed by atoms with Gasteiger partial charge in [-0.1, -0.05) is 12.1 Å². The molecule has 0 unspecified atom stereocenters. The number of hydrogen-bond donors (Lipinski definition) is 1. The summed E-state index contributed by atoms with van der Waals surface area (Å²) in [5, 5.41) is 3.74. The molecule has 0 saturated heterocycles. The zero-order valence-corrected chi connectivity index (χ0v) is 17.6. The molecule has 0 fully saturated rings. The highest BCUT2D eigenvalue weighted by Crippen LogP contribution is 2.27. The van der Waals surface area contributed by atoms with Gasteiger partial charge in [-0.25, -0.2) is 0 Å². The Hall–Kier alpha value is -3.54. The number of nitrogens with one attached hydrogen (secondary N) is 1. The zero-order chi connectivity index (χ0) is 21.7. The molecule has 0 atom stereocenters. The minimum atomic E-state index is -0.162. The van der Waals surface area contributed by atoms with Gasteiger partial charge < -0.3 is 19.2 Å². The second kappa shape index (κ2) is 9.31. The summed E-state index contributed by atoms with van der Waals surface area (Å²) in [5.41, 5.74) is 3.41. The lowest BCUT2D eigenvalue weighted by molar-refractivity contribution is -0.116. The Morgan fingerprint density at radius 2 is 1.77 bits per heavy atom. The first-order chi connectivity index (χ1) is 14.4. The van der Waals surface area contributed by atoms with E-state index in [1.807, 2.05) is 43.3 Å². The van der Waals surface area contributed by atoms with Crippen LogP contribution in [-0.2, 0) is 11.2 Å². The van der Waals surface area contributed by atoms with Crippen LogP contribution in [0.1, 0.15) is 35.5 Å². The number of fused-ring (bicyclic) bond motifs is 1. The van der Waals surface area contributed by atoms with Gasteiger partial charge in [0, 0.05) is 24.9 Å². The molecule has 0 saturated carbocycles. The van der Waals surface area contributed by atoms with Crippen LogP contribution in [0.5, 0.6) is 11.5 Å². The molecule has 0 radical (unpaired) electrons. The van der Waals surface area contributed by atoms with Gasteiger partial charge in [0.2, 0.25) is 5.91 Å². The van der Waals surface area contributed by atoms with E-state index < -0.39 is 0 Å². The predicted octanol–water partition coefficient (Wildman–Crippen LogP) is 4.41. The van der Waals surface area contributed by atoms with Crippen LogP contribution in [-0.4, -0.2) is 32.5 Å². The number of furan rings is 1. The number of hydrogen-bond acceptors (Lipinski definition) is 5. The second-order valence-corrected chi connectivity index (χ2v) is 6.98. The lowest BCUT2D eigenvalue weighted by atomic mass is 10.0. The number of benzene rings is 2. The highest BCUT2D eigenvalue weighted by Gasteiger charge is 2.09. The third kappa shape index (κ3) is 4.89. The van der Waals surface area contributed by atoms with Crippen molar-refractivity contribution in [2.24, 2.45) is 0 Å². The van der Waals surface area contributed by atoms with Crippen molar-refractivity contribution in [1.29, 1.82) is 0 Å². The third-order valence-electron chi connectivity index (χ3n) is 4.83. The summed E-state index contributed by atoms with van der Waals surface area (Å²) in [4.78, 5) is 23.8. The van der Waals surface area contributed by atoms with Crippen molar-refractivity contribution in [2.75, 3.05) is 20.8 Å². The van der Waals surface area contributed by atoms with Crippen LogP contribution in [0.2, 0.25) is 0 Å². The predicted molar refractivity (Wildman–Crippen MR) is 116 cm³/mol. The Bertz CT molecular complexity index is 1110. The van der Waals surface area contributed by atoms with Crippen molar-refractivity contribution >= 4 is 28.2 Å². The molecule has 0 aliphatic rings. The van der Waals surface area contributed by atoms with Crippen LogP contribution in [0, 0.1) is 0 Å². The Labute approximate surface area is 175 Å². The molecule has 3 rings (SSSR count). The SMILES string of the molecule is COc1ccc(CCNC(=O)C=C(C)c2ccc3oc(C(C)=O)cc3c2)cc1OC. The van der Waals surface area contributed by atoms with Crippen molar-refractivity contribution in [3.8, 4) is 11.5 Å². The zero-order valence-electron chi connectivity index (χ0n) is 17.6. The molecule has 6 nitrogen and oxygen atoms in total. The van der Waals surface area contributed by atoms with Gasteiger partial charge in [0.15, 0.2) is 23.0 Å². The van der Waals surface area contributed by atoms with E-state index in [4.69, 9.17) is 13.9 Å². The highest BCUT2D eigenvalue weighted by molar-refractivity contribution is 5.98. The smallest absolute Gasteiger partial charge is 0.244 e. The number of carbonyl (C=O) groups excluding carboxylic acids is 2. The summed E-state index contributed by atoms with van der Waals surface area (Å²) in [6.07, 6.45) is 2.25. The molecule has 6 heteroatoms. The molecule has 2 aromatic carbocycles. The summed E-state index contributed by atoms with van der Waals surface area (Å²) >= 11 is 0. The van der Waals surface area contributed by atoms with E-state index in [1.165, 1.54) is 6.92 Å². The Morgan fingerprint density at radius 3 is 2.47 bits per heavy atom. The Balaban J connectivity index is 1.62. The maximum Gasteiger partial charge on any atom is 0.244 e. The minimum Gasteiger partial charge on any atom is -0.493 e. The summed E-state index contributed by atoms with van der Waals surface area (Å²) < 4.78 is 16.0. The van der Waals surface area contributed by atoms with Crippen molar-refractivity contribution in [3.63, 3.8) is 0 Å². The highest BCUT2D eigenvalue weighted by atomic mass is 16.5. The number of Topliss-reactive ketones (excluding diaryl/α,β-unsaturated/α-hetero) is 1. The van der Waals surface area contributed by atoms with Gasteiger partial charge in [0.1, 0.15) is 5.58 Å². The fraction of sp³-hybridized carbons (Fsp3) is 0.250. The van der Waals surface area contributed by atoms with Crippen LogP contribution < -0.4 is 14.8 Å². The Kier molecular flexibility index (Phi) is 6.57. The number of carbonyl (C=O) groups is 2. The lowest BCUT2D eigenvalue weighted by Crippen LogP contribution is -2.23. The minimum absolute atomic E-state index is 0.117. The monoisotopic (exact) mass is 407 g/mol. The molecule has 0 bridgehead atoms. The van der Waals surface area contributed by atoms with E-state index >= 15 is 0 Å². The van der Waals surface area contributed by atoms with E-state index in [0.717, 1.165) is 22.1 Å². The molecule has 0 aliphatic carbocycles. The molecule has 1 aromatic heterocycles. The van der Waals surface area contributed by atoms with Crippen LogP contribution in [0.25, 0.3) is 16.5 Å². The molecular weight excluding hydrogens is 382 g/mol. The van der Waals surface area contributed by atoms with Crippen LogP contribution in [0.15, 0.2) is 53.0 Å². The molecule has 1 N–H and O–H groups in total. The van der Waals surface area contributed by atoms with E-state index in [0.29, 0.717) is 35.8 Å². The van der Waals surface area contributed by atoms with Crippen LogP contribution in [0.4, 0.5) is 0 Å². The molecule has 3 aromatic rings. The summed E-state index contributed by atoms with van der Waals surface area (Å²) in [6.45, 7) is 3.85. The first kappa shape index (κ1) is 21.2. The van der Waals surface area contributed by atoms with Gasteiger partial charge in [-0.2, -0.15) is 0 Å². The van der Waals surface area contributed by atoms with Gasteiger partial charge in [0.25, 0.3) is 0 Å². The second-order valence-electron chi connectivity index (χ2n) is 6.98. The number of amides is 1. The van der Waals surface area contributed by atoms with Crippen molar-refractivity contribution in [1.82, 2.24) is 5.32 Å². The average molecular weight is 407 g/mol. The van der Waals surface area contributed by atoms with E-state index in [-0.39, 0.29) is 11.7 Å². The molecule has 0 spiro atoms. The van der Waals surface area contributed by atoms with Crippen molar-refractivity contribution < 1.29 is 23.5 Å². The van der Waals surface area contributed by atoms with Gasteiger partial charge >= 0.3 is 0 Å². The fourth-order valence-corrected chi connectivity index (χ4v) is 3.16. The van der Waals surface area contributed by atoms with Crippen LogP contribution in [0.3, 0.4) is 0 Å². The van der Waals surface area contributed by atoms with Gasteiger partial charge in [0.05, 0.1) is 14.2 Å². The van der Waals surface area contributed by atoms with E-state index in [9.17, 15) is 9.59 Å². The lowest BCUT2D eigenvalue weighted by Gasteiger charge is -2.10. The number of ketones is 1. The van der Waals surface area contributed by atoms with Gasteiger partial charge in [-0.05, 0) is 60.4 Å². The molecular formula is C24H25NO5. The molecule has 1 amide bonds. The number of rotatable bonds is 8. The van der Waals surface area contributed by atoms with Crippen LogP contribution >= 0.6 is 0 Å². The van der Waals surface area contributed by atoms with Gasteiger partial charge in [-0.15, -0.1) is 0 Å². The largest absolute Gasteiger partial charge is 0.493 e.